The molecule has 0 saturated carbocycles. The van der Waals surface area contributed by atoms with E-state index in [1.54, 1.807) is 18.2 Å². The summed E-state index contributed by atoms with van der Waals surface area (Å²) in [4.78, 5) is 15.0. The Morgan fingerprint density at radius 2 is 1.82 bits per heavy atom. The van der Waals surface area contributed by atoms with Gasteiger partial charge in [-0.25, -0.2) is 0 Å². The Labute approximate surface area is 176 Å². The van der Waals surface area contributed by atoms with Crippen LogP contribution in [-0.2, 0) is 13.1 Å². The number of aromatic nitrogens is 1. The molecule has 0 bridgehead atoms. The van der Waals surface area contributed by atoms with Crippen LogP contribution in [-0.4, -0.2) is 21.4 Å². The van der Waals surface area contributed by atoms with Gasteiger partial charge in [-0.05, 0) is 56.7 Å². The second-order valence-electron chi connectivity index (χ2n) is 7.27. The molecular formula is C23H24Cl2N2O. The summed E-state index contributed by atoms with van der Waals surface area (Å²) in [6.07, 6.45) is 2.06. The summed E-state index contributed by atoms with van der Waals surface area (Å²) >= 11 is 12.1. The highest BCUT2D eigenvalue weighted by Gasteiger charge is 2.21. The summed E-state index contributed by atoms with van der Waals surface area (Å²) in [5.41, 5.74) is 4.11. The predicted octanol–water partition coefficient (Wildman–Crippen LogP) is 6.20. The number of aryl methyl sites for hydroxylation is 1. The smallest absolute Gasteiger partial charge is 0.254 e. The molecule has 28 heavy (non-hydrogen) atoms. The van der Waals surface area contributed by atoms with Crippen LogP contribution in [0, 0.1) is 6.92 Å². The number of hydrogen-bond acceptors (Lipinski definition) is 1. The number of benzene rings is 2. The molecule has 0 N–H and O–H groups in total. The predicted molar refractivity (Wildman–Crippen MR) is 116 cm³/mol. The summed E-state index contributed by atoms with van der Waals surface area (Å²) in [5, 5.41) is 0.834. The zero-order valence-corrected chi connectivity index (χ0v) is 17.8. The maximum Gasteiger partial charge on any atom is 0.254 e. The van der Waals surface area contributed by atoms with Gasteiger partial charge in [0.25, 0.3) is 5.91 Å². The molecule has 2 aromatic carbocycles. The average Bonchev–Trinajstić information content (AvgIpc) is 3.08. The topological polar surface area (TPSA) is 25.2 Å². The lowest BCUT2D eigenvalue weighted by molar-refractivity contribution is 0.0686. The van der Waals surface area contributed by atoms with Gasteiger partial charge in [-0.1, -0.05) is 53.0 Å². The molecule has 0 saturated heterocycles. The minimum absolute atomic E-state index is 0.0456. The van der Waals surface area contributed by atoms with E-state index in [0.717, 1.165) is 12.2 Å². The lowest BCUT2D eigenvalue weighted by Gasteiger charge is -2.27. The minimum atomic E-state index is -0.0585. The van der Waals surface area contributed by atoms with Crippen LogP contribution < -0.4 is 0 Å². The molecule has 3 rings (SSSR count). The lowest BCUT2D eigenvalue weighted by atomic mass is 10.1. The third kappa shape index (κ3) is 4.78. The van der Waals surface area contributed by atoms with Gasteiger partial charge in [-0.3, -0.25) is 4.79 Å². The zero-order valence-electron chi connectivity index (χ0n) is 16.3. The Balaban J connectivity index is 1.82. The molecule has 0 atom stereocenters. The molecule has 0 aliphatic carbocycles. The number of carbonyl (C=O) groups excluding carboxylic acids is 1. The van der Waals surface area contributed by atoms with Gasteiger partial charge in [0, 0.05) is 30.0 Å². The molecule has 1 aromatic heterocycles. The Hall–Kier alpha value is -2.23. The maximum absolute atomic E-state index is 13.1. The van der Waals surface area contributed by atoms with Crippen molar-refractivity contribution >= 4 is 29.1 Å². The largest absolute Gasteiger partial charge is 0.345 e. The van der Waals surface area contributed by atoms with Crippen molar-refractivity contribution < 1.29 is 4.79 Å². The molecule has 5 heteroatoms. The summed E-state index contributed by atoms with van der Waals surface area (Å²) in [7, 11) is 0. The number of carbonyl (C=O) groups is 1. The number of halogens is 2. The Kier molecular flexibility index (Phi) is 6.48. The third-order valence-electron chi connectivity index (χ3n) is 4.74. The van der Waals surface area contributed by atoms with E-state index in [-0.39, 0.29) is 11.9 Å². The van der Waals surface area contributed by atoms with E-state index in [9.17, 15) is 4.79 Å². The molecule has 0 aliphatic heterocycles. The number of hydrogen-bond donors (Lipinski definition) is 0. The first kappa shape index (κ1) is 20.5. The van der Waals surface area contributed by atoms with Crippen molar-refractivity contribution in [2.24, 2.45) is 0 Å². The molecule has 1 heterocycles. The van der Waals surface area contributed by atoms with E-state index in [1.165, 1.54) is 11.1 Å². The van der Waals surface area contributed by atoms with Crippen molar-refractivity contribution in [1.82, 2.24) is 9.47 Å². The summed E-state index contributed by atoms with van der Waals surface area (Å²) in [6.45, 7) is 7.43. The number of nitrogens with zero attached hydrogens (tertiary/aromatic N) is 2. The van der Waals surface area contributed by atoms with Crippen molar-refractivity contribution in [1.29, 1.82) is 0 Å². The lowest BCUT2D eigenvalue weighted by Crippen LogP contribution is -2.37. The molecule has 0 aliphatic rings. The van der Waals surface area contributed by atoms with Crippen LogP contribution in [0.3, 0.4) is 0 Å². The molecule has 146 valence electrons. The van der Waals surface area contributed by atoms with Crippen LogP contribution in [0.1, 0.15) is 41.0 Å². The van der Waals surface area contributed by atoms with E-state index in [4.69, 9.17) is 23.2 Å². The van der Waals surface area contributed by atoms with Crippen LogP contribution in [0.25, 0.3) is 0 Å². The van der Waals surface area contributed by atoms with Gasteiger partial charge in [-0.15, -0.1) is 0 Å². The molecule has 0 spiro atoms. The average molecular weight is 415 g/mol. The van der Waals surface area contributed by atoms with Crippen LogP contribution in [0.5, 0.6) is 0 Å². The van der Waals surface area contributed by atoms with Gasteiger partial charge >= 0.3 is 0 Å². The highest BCUT2D eigenvalue weighted by Crippen LogP contribution is 2.24. The SMILES string of the molecule is Cc1cccc(Cn2cccc2CN(C(=O)c2ccc(Cl)c(Cl)c2)C(C)C)c1. The molecule has 0 radical (unpaired) electrons. The van der Waals surface area contributed by atoms with Crippen molar-refractivity contribution in [3.05, 3.63) is 93.2 Å². The quantitative estimate of drug-likeness (QED) is 0.470. The van der Waals surface area contributed by atoms with E-state index in [1.807, 2.05) is 24.8 Å². The summed E-state index contributed by atoms with van der Waals surface area (Å²) < 4.78 is 2.19. The highest BCUT2D eigenvalue weighted by molar-refractivity contribution is 6.42. The Bertz CT molecular complexity index is 978. The van der Waals surface area contributed by atoms with Crippen molar-refractivity contribution in [2.75, 3.05) is 0 Å². The van der Waals surface area contributed by atoms with Gasteiger partial charge < -0.3 is 9.47 Å². The second-order valence-corrected chi connectivity index (χ2v) is 8.09. The molecule has 3 aromatic rings. The molecular weight excluding hydrogens is 391 g/mol. The molecule has 1 amide bonds. The first-order valence-corrected chi connectivity index (χ1v) is 10.1. The normalized spacial score (nSPS) is 11.1. The first-order chi connectivity index (χ1) is 13.3. The van der Waals surface area contributed by atoms with E-state index < -0.39 is 0 Å². The van der Waals surface area contributed by atoms with E-state index >= 15 is 0 Å². The number of amides is 1. The zero-order chi connectivity index (χ0) is 20.3. The van der Waals surface area contributed by atoms with Gasteiger partial charge in [0.1, 0.15) is 0 Å². The Morgan fingerprint density at radius 3 is 2.50 bits per heavy atom. The summed E-state index contributed by atoms with van der Waals surface area (Å²) in [6, 6.07) is 17.6. The van der Waals surface area contributed by atoms with Gasteiger partial charge in [-0.2, -0.15) is 0 Å². The van der Waals surface area contributed by atoms with Crippen LogP contribution in [0.15, 0.2) is 60.8 Å². The monoisotopic (exact) mass is 414 g/mol. The van der Waals surface area contributed by atoms with Crippen LogP contribution in [0.4, 0.5) is 0 Å². The van der Waals surface area contributed by atoms with Crippen molar-refractivity contribution in [3.8, 4) is 0 Å². The molecule has 0 fully saturated rings. The minimum Gasteiger partial charge on any atom is -0.345 e. The molecule has 0 unspecified atom stereocenters. The fourth-order valence-electron chi connectivity index (χ4n) is 3.21. The third-order valence-corrected chi connectivity index (χ3v) is 5.48. The van der Waals surface area contributed by atoms with Crippen molar-refractivity contribution in [2.45, 2.75) is 39.9 Å². The maximum atomic E-state index is 13.1. The van der Waals surface area contributed by atoms with E-state index in [2.05, 4.69) is 48.0 Å². The van der Waals surface area contributed by atoms with Crippen LogP contribution in [0.2, 0.25) is 10.0 Å². The van der Waals surface area contributed by atoms with Crippen molar-refractivity contribution in [3.63, 3.8) is 0 Å². The van der Waals surface area contributed by atoms with Gasteiger partial charge in [0.2, 0.25) is 0 Å². The fraction of sp³-hybridized carbons (Fsp3) is 0.261. The van der Waals surface area contributed by atoms with Gasteiger partial charge in [0.15, 0.2) is 0 Å². The number of rotatable bonds is 6. The first-order valence-electron chi connectivity index (χ1n) is 9.30. The standard InChI is InChI=1S/C23H24Cl2N2O/c1-16(2)27(23(28)19-9-10-21(24)22(25)13-19)15-20-8-5-11-26(20)14-18-7-4-6-17(3)12-18/h4-13,16H,14-15H2,1-3H3. The second kappa shape index (κ2) is 8.85. The fourth-order valence-corrected chi connectivity index (χ4v) is 3.51. The molecule has 3 nitrogen and oxygen atoms in total. The van der Waals surface area contributed by atoms with Crippen LogP contribution >= 0.6 is 23.2 Å². The Morgan fingerprint density at radius 1 is 1.04 bits per heavy atom. The van der Waals surface area contributed by atoms with Gasteiger partial charge in [0.05, 0.1) is 16.6 Å². The highest BCUT2D eigenvalue weighted by atomic mass is 35.5. The summed E-state index contributed by atoms with van der Waals surface area (Å²) in [5.74, 6) is -0.0585. The van der Waals surface area contributed by atoms with E-state index in [0.29, 0.717) is 22.2 Å².